The predicted molar refractivity (Wildman–Crippen MR) is 81.9 cm³/mol. The topological polar surface area (TPSA) is 70.4 Å². The molecule has 0 radical (unpaired) electrons. The number of likely N-dealkylation sites (N-methyl/N-ethyl adjacent to an activating group) is 1. The molecule has 3 rings (SSSR count). The summed E-state index contributed by atoms with van der Waals surface area (Å²) in [6, 6.07) is 4.72. The molecule has 0 unspecified atom stereocenters. The highest BCUT2D eigenvalue weighted by atomic mass is 16.1. The lowest BCUT2D eigenvalue weighted by Crippen LogP contribution is -2.27. The number of fused-ring (bicyclic) bond motifs is 1. The van der Waals surface area contributed by atoms with Gasteiger partial charge in [0.05, 0.1) is 11.4 Å². The number of nitrogens with zero attached hydrogens (tertiary/aromatic N) is 1. The van der Waals surface area contributed by atoms with Crippen LogP contribution in [0.3, 0.4) is 0 Å². The Morgan fingerprint density at radius 2 is 2.20 bits per heavy atom. The van der Waals surface area contributed by atoms with Crippen LogP contribution < -0.4 is 16.4 Å². The molecule has 0 bridgehead atoms. The van der Waals surface area contributed by atoms with Crippen molar-refractivity contribution in [2.45, 2.75) is 31.7 Å². The molecule has 1 saturated carbocycles. The van der Waals surface area contributed by atoms with Crippen LogP contribution >= 0.6 is 0 Å². The lowest BCUT2D eigenvalue weighted by atomic mass is 10.0. The highest BCUT2D eigenvalue weighted by molar-refractivity contribution is 5.95. The Hall–Kier alpha value is -1.75. The second-order valence-electron chi connectivity index (χ2n) is 5.78. The summed E-state index contributed by atoms with van der Waals surface area (Å²) in [5, 5.41) is 6.28. The number of benzene rings is 1. The molecule has 5 nitrogen and oxygen atoms in total. The van der Waals surface area contributed by atoms with Gasteiger partial charge in [-0.2, -0.15) is 0 Å². The number of hydrogen-bond acceptors (Lipinski definition) is 4. The Morgan fingerprint density at radius 1 is 1.40 bits per heavy atom. The lowest BCUT2D eigenvalue weighted by molar-refractivity contribution is -0.116. The van der Waals surface area contributed by atoms with Gasteiger partial charge in [-0.3, -0.25) is 4.79 Å². The van der Waals surface area contributed by atoms with Gasteiger partial charge in [-0.25, -0.2) is 0 Å². The zero-order valence-electron chi connectivity index (χ0n) is 11.9. The van der Waals surface area contributed by atoms with E-state index in [1.165, 1.54) is 12.8 Å². The van der Waals surface area contributed by atoms with Crippen molar-refractivity contribution in [2.75, 3.05) is 36.5 Å². The number of amides is 1. The van der Waals surface area contributed by atoms with Gasteiger partial charge in [-0.1, -0.05) is 0 Å². The first kappa shape index (κ1) is 13.2. The maximum Gasteiger partial charge on any atom is 0.224 e. The second kappa shape index (κ2) is 5.32. The van der Waals surface area contributed by atoms with Crippen molar-refractivity contribution in [3.8, 4) is 0 Å². The summed E-state index contributed by atoms with van der Waals surface area (Å²) in [5.74, 6) is 0.0728. The van der Waals surface area contributed by atoms with Crippen molar-refractivity contribution in [2.24, 2.45) is 0 Å². The molecule has 1 aliphatic heterocycles. The average Bonchev–Trinajstić information content (AvgIpc) is 3.23. The summed E-state index contributed by atoms with van der Waals surface area (Å²) in [5.41, 5.74) is 9.75. The van der Waals surface area contributed by atoms with Gasteiger partial charge >= 0.3 is 0 Å². The van der Waals surface area contributed by atoms with Crippen molar-refractivity contribution < 1.29 is 4.79 Å². The fourth-order valence-corrected chi connectivity index (χ4v) is 2.66. The zero-order chi connectivity index (χ0) is 14.1. The van der Waals surface area contributed by atoms with Crippen molar-refractivity contribution >= 4 is 23.0 Å². The molecular weight excluding hydrogens is 252 g/mol. The van der Waals surface area contributed by atoms with Gasteiger partial charge in [0, 0.05) is 31.2 Å². The number of carbonyl (C=O) groups excluding carboxylic acids is 1. The van der Waals surface area contributed by atoms with Crippen molar-refractivity contribution in [3.63, 3.8) is 0 Å². The molecule has 0 spiro atoms. The van der Waals surface area contributed by atoms with Gasteiger partial charge in [-0.05, 0) is 44.0 Å². The largest absolute Gasteiger partial charge is 0.397 e. The highest BCUT2D eigenvalue weighted by Crippen LogP contribution is 2.31. The number of nitrogens with one attached hydrogen (secondary N) is 2. The van der Waals surface area contributed by atoms with Gasteiger partial charge in [0.25, 0.3) is 0 Å². The standard InChI is InChI=1S/C15H22N4O/c1-19(11-3-4-11)7-6-17-14-8-10-2-5-15(20)18-13(10)9-12(14)16/h8-9,11,17H,2-7,16H2,1H3,(H,18,20). The van der Waals surface area contributed by atoms with E-state index in [-0.39, 0.29) is 5.91 Å². The van der Waals surface area contributed by atoms with Crippen LogP contribution in [0.15, 0.2) is 12.1 Å². The molecule has 1 aliphatic carbocycles. The van der Waals surface area contributed by atoms with Crippen LogP contribution in [-0.4, -0.2) is 37.0 Å². The first-order valence-electron chi connectivity index (χ1n) is 7.30. The van der Waals surface area contributed by atoms with E-state index in [0.717, 1.165) is 42.5 Å². The van der Waals surface area contributed by atoms with Crippen LogP contribution in [-0.2, 0) is 11.2 Å². The third kappa shape index (κ3) is 2.88. The summed E-state index contributed by atoms with van der Waals surface area (Å²) >= 11 is 0. The molecule has 1 heterocycles. The molecule has 108 valence electrons. The fraction of sp³-hybridized carbons (Fsp3) is 0.533. The third-order valence-electron chi connectivity index (χ3n) is 4.12. The Labute approximate surface area is 119 Å². The van der Waals surface area contributed by atoms with E-state index < -0.39 is 0 Å². The molecule has 1 fully saturated rings. The number of hydrogen-bond donors (Lipinski definition) is 3. The molecule has 1 aromatic carbocycles. The summed E-state index contributed by atoms with van der Waals surface area (Å²) in [7, 11) is 2.17. The number of aryl methyl sites for hydroxylation is 1. The third-order valence-corrected chi connectivity index (χ3v) is 4.12. The smallest absolute Gasteiger partial charge is 0.224 e. The average molecular weight is 274 g/mol. The summed E-state index contributed by atoms with van der Waals surface area (Å²) in [4.78, 5) is 13.8. The number of carbonyl (C=O) groups is 1. The van der Waals surface area contributed by atoms with Crippen LogP contribution in [0.5, 0.6) is 0 Å². The molecule has 0 atom stereocenters. The fourth-order valence-electron chi connectivity index (χ4n) is 2.66. The molecular formula is C15H22N4O. The van der Waals surface area contributed by atoms with E-state index in [1.807, 2.05) is 6.07 Å². The minimum Gasteiger partial charge on any atom is -0.397 e. The van der Waals surface area contributed by atoms with Crippen LogP contribution in [0.4, 0.5) is 17.1 Å². The Morgan fingerprint density at radius 3 is 2.95 bits per heavy atom. The van der Waals surface area contributed by atoms with E-state index >= 15 is 0 Å². The number of nitrogens with two attached hydrogens (primary N) is 1. The van der Waals surface area contributed by atoms with Gasteiger partial charge in [0.15, 0.2) is 0 Å². The lowest BCUT2D eigenvalue weighted by Gasteiger charge is -2.21. The van der Waals surface area contributed by atoms with E-state index in [4.69, 9.17) is 5.73 Å². The van der Waals surface area contributed by atoms with E-state index in [1.54, 1.807) is 0 Å². The Balaban J connectivity index is 1.62. The van der Waals surface area contributed by atoms with Gasteiger partial charge < -0.3 is 21.3 Å². The van der Waals surface area contributed by atoms with E-state index in [0.29, 0.717) is 12.1 Å². The van der Waals surface area contributed by atoms with Crippen molar-refractivity contribution in [1.82, 2.24) is 4.90 Å². The van der Waals surface area contributed by atoms with Crippen LogP contribution in [0.25, 0.3) is 0 Å². The SMILES string of the molecule is CN(CCNc1cc2c(cc1N)NC(=O)CC2)C1CC1. The Bertz CT molecular complexity index is 525. The van der Waals surface area contributed by atoms with Gasteiger partial charge in [-0.15, -0.1) is 0 Å². The number of anilines is 3. The molecule has 0 saturated heterocycles. The first-order valence-corrected chi connectivity index (χ1v) is 7.30. The zero-order valence-corrected chi connectivity index (χ0v) is 11.9. The van der Waals surface area contributed by atoms with Crippen LogP contribution in [0, 0.1) is 0 Å². The summed E-state index contributed by atoms with van der Waals surface area (Å²) in [6.07, 6.45) is 4.01. The van der Waals surface area contributed by atoms with Crippen LogP contribution in [0.1, 0.15) is 24.8 Å². The maximum absolute atomic E-state index is 11.4. The molecule has 2 aliphatic rings. The maximum atomic E-state index is 11.4. The first-order chi connectivity index (χ1) is 9.63. The minimum atomic E-state index is 0.0728. The normalized spacial score (nSPS) is 17.8. The number of rotatable bonds is 5. The number of nitrogen functional groups attached to an aromatic ring is 1. The quantitative estimate of drug-likeness (QED) is 0.714. The van der Waals surface area contributed by atoms with E-state index in [2.05, 4.69) is 28.6 Å². The van der Waals surface area contributed by atoms with Gasteiger partial charge in [0.1, 0.15) is 0 Å². The second-order valence-corrected chi connectivity index (χ2v) is 5.78. The van der Waals surface area contributed by atoms with Gasteiger partial charge in [0.2, 0.25) is 5.91 Å². The van der Waals surface area contributed by atoms with Crippen molar-refractivity contribution in [1.29, 1.82) is 0 Å². The molecule has 1 amide bonds. The Kier molecular flexibility index (Phi) is 3.53. The molecule has 0 aromatic heterocycles. The molecule has 4 N–H and O–H groups in total. The molecule has 1 aromatic rings. The summed E-state index contributed by atoms with van der Waals surface area (Å²) in [6.45, 7) is 1.92. The van der Waals surface area contributed by atoms with Crippen LogP contribution in [0.2, 0.25) is 0 Å². The molecule has 5 heteroatoms. The molecule has 20 heavy (non-hydrogen) atoms. The van der Waals surface area contributed by atoms with E-state index in [9.17, 15) is 4.79 Å². The monoisotopic (exact) mass is 274 g/mol. The minimum absolute atomic E-state index is 0.0728. The highest BCUT2D eigenvalue weighted by Gasteiger charge is 2.25. The summed E-state index contributed by atoms with van der Waals surface area (Å²) < 4.78 is 0. The van der Waals surface area contributed by atoms with Crippen molar-refractivity contribution in [3.05, 3.63) is 17.7 Å². The predicted octanol–water partition coefficient (Wildman–Crippen LogP) is 1.66.